The minimum atomic E-state index is -0.232. The molecule has 21 heavy (non-hydrogen) atoms. The topological polar surface area (TPSA) is 38.1 Å². The van der Waals surface area contributed by atoms with E-state index in [1.807, 2.05) is 18.2 Å². The summed E-state index contributed by atoms with van der Waals surface area (Å²) in [6.45, 7) is 11.4. The van der Waals surface area contributed by atoms with Crippen LogP contribution in [0.3, 0.4) is 0 Å². The fourth-order valence-electron chi connectivity index (χ4n) is 3.19. The van der Waals surface area contributed by atoms with Crippen LogP contribution in [0.15, 0.2) is 35.5 Å². The molecule has 0 bridgehead atoms. The van der Waals surface area contributed by atoms with E-state index in [0.29, 0.717) is 6.61 Å². The molecule has 0 unspecified atom stereocenters. The van der Waals surface area contributed by atoms with Crippen LogP contribution in [0.4, 0.5) is 0 Å². The third-order valence-corrected chi connectivity index (χ3v) is 4.10. The summed E-state index contributed by atoms with van der Waals surface area (Å²) >= 11 is 0. The van der Waals surface area contributed by atoms with Crippen molar-refractivity contribution in [1.82, 2.24) is 9.80 Å². The lowest BCUT2D eigenvalue weighted by molar-refractivity contribution is -0.143. The molecule has 3 heterocycles. The molecule has 0 radical (unpaired) electrons. The summed E-state index contributed by atoms with van der Waals surface area (Å²) in [5.74, 6) is 1.00. The number of nitrogens with zero attached hydrogens (tertiary/aromatic N) is 2. The minimum absolute atomic E-state index is 0.232. The predicted octanol–water partition coefficient (Wildman–Crippen LogP) is 1.37. The summed E-state index contributed by atoms with van der Waals surface area (Å²) in [7, 11) is 0. The Morgan fingerprint density at radius 2 is 2.10 bits per heavy atom. The zero-order chi connectivity index (χ0) is 14.5. The van der Waals surface area contributed by atoms with E-state index < -0.39 is 0 Å². The first kappa shape index (κ1) is 14.8. The van der Waals surface area contributed by atoms with Gasteiger partial charge >= 0.3 is 0 Å². The van der Waals surface area contributed by atoms with Gasteiger partial charge < -0.3 is 13.9 Å². The maximum atomic E-state index is 6.14. The van der Waals surface area contributed by atoms with Gasteiger partial charge in [0.15, 0.2) is 0 Å². The van der Waals surface area contributed by atoms with Gasteiger partial charge in [0, 0.05) is 32.7 Å². The van der Waals surface area contributed by atoms with Gasteiger partial charge in [-0.2, -0.15) is 0 Å². The van der Waals surface area contributed by atoms with Crippen molar-refractivity contribution < 1.29 is 13.9 Å². The Kier molecular flexibility index (Phi) is 4.75. The standard InChI is InChI=1S/C16H24N2O3/c1-2-5-17-6-9-19-14-16(12-17)13-18(7-10-21-16)11-15-4-3-8-20-15/h2-4,8H,1,5-7,9-14H2/t16-/m1/s1. The van der Waals surface area contributed by atoms with E-state index in [1.165, 1.54) is 0 Å². The van der Waals surface area contributed by atoms with Gasteiger partial charge in [-0.05, 0) is 12.1 Å². The van der Waals surface area contributed by atoms with E-state index in [4.69, 9.17) is 13.9 Å². The summed E-state index contributed by atoms with van der Waals surface area (Å²) < 4.78 is 17.4. The first-order valence-electron chi connectivity index (χ1n) is 7.59. The summed E-state index contributed by atoms with van der Waals surface area (Å²) in [5.41, 5.74) is -0.232. The Morgan fingerprint density at radius 1 is 1.24 bits per heavy atom. The first-order chi connectivity index (χ1) is 10.3. The number of rotatable bonds is 4. The van der Waals surface area contributed by atoms with Gasteiger partial charge in [-0.3, -0.25) is 9.80 Å². The molecular weight excluding hydrogens is 268 g/mol. The summed E-state index contributed by atoms with van der Waals surface area (Å²) in [5, 5.41) is 0. The fraction of sp³-hybridized carbons (Fsp3) is 0.625. The van der Waals surface area contributed by atoms with Gasteiger partial charge in [-0.15, -0.1) is 6.58 Å². The van der Waals surface area contributed by atoms with E-state index >= 15 is 0 Å². The van der Waals surface area contributed by atoms with Crippen molar-refractivity contribution in [1.29, 1.82) is 0 Å². The highest BCUT2D eigenvalue weighted by Gasteiger charge is 2.40. The van der Waals surface area contributed by atoms with Crippen LogP contribution in [-0.4, -0.2) is 67.9 Å². The predicted molar refractivity (Wildman–Crippen MR) is 80.1 cm³/mol. The number of ether oxygens (including phenoxy) is 2. The molecule has 3 rings (SSSR count). The van der Waals surface area contributed by atoms with Crippen LogP contribution < -0.4 is 0 Å². The third kappa shape index (κ3) is 3.74. The third-order valence-electron chi connectivity index (χ3n) is 4.10. The van der Waals surface area contributed by atoms with E-state index in [-0.39, 0.29) is 5.60 Å². The summed E-state index contributed by atoms with van der Waals surface area (Å²) in [4.78, 5) is 4.75. The first-order valence-corrected chi connectivity index (χ1v) is 7.59. The molecule has 0 saturated carbocycles. The minimum Gasteiger partial charge on any atom is -0.468 e. The average molecular weight is 292 g/mol. The second-order valence-corrected chi connectivity index (χ2v) is 5.90. The van der Waals surface area contributed by atoms with Crippen molar-refractivity contribution in [3.8, 4) is 0 Å². The van der Waals surface area contributed by atoms with E-state index in [0.717, 1.165) is 58.2 Å². The molecule has 5 nitrogen and oxygen atoms in total. The van der Waals surface area contributed by atoms with Crippen molar-refractivity contribution in [2.75, 3.05) is 52.5 Å². The Morgan fingerprint density at radius 3 is 2.90 bits per heavy atom. The highest BCUT2D eigenvalue weighted by atomic mass is 16.5. The normalized spacial score (nSPS) is 28.6. The lowest BCUT2D eigenvalue weighted by Crippen LogP contribution is -2.58. The number of furan rings is 1. The van der Waals surface area contributed by atoms with Crippen LogP contribution in [0.1, 0.15) is 5.76 Å². The molecule has 0 amide bonds. The van der Waals surface area contributed by atoms with Crippen molar-refractivity contribution in [2.24, 2.45) is 0 Å². The fourth-order valence-corrected chi connectivity index (χ4v) is 3.19. The van der Waals surface area contributed by atoms with Crippen LogP contribution in [0.2, 0.25) is 0 Å². The van der Waals surface area contributed by atoms with Gasteiger partial charge in [0.05, 0.1) is 32.6 Å². The van der Waals surface area contributed by atoms with Gasteiger partial charge in [0.1, 0.15) is 11.4 Å². The van der Waals surface area contributed by atoms with Crippen molar-refractivity contribution >= 4 is 0 Å². The Bertz CT molecular complexity index is 448. The molecule has 1 atom stereocenters. The smallest absolute Gasteiger partial charge is 0.117 e. The molecule has 2 aliphatic rings. The molecular formula is C16H24N2O3. The number of hydrogen-bond acceptors (Lipinski definition) is 5. The zero-order valence-corrected chi connectivity index (χ0v) is 12.5. The highest BCUT2D eigenvalue weighted by Crippen LogP contribution is 2.23. The monoisotopic (exact) mass is 292 g/mol. The molecule has 0 aliphatic carbocycles. The molecule has 5 heteroatoms. The molecule has 2 fully saturated rings. The Hall–Kier alpha value is -1.14. The molecule has 116 valence electrons. The summed E-state index contributed by atoms with van der Waals surface area (Å²) in [6, 6.07) is 3.96. The van der Waals surface area contributed by atoms with Gasteiger partial charge in [-0.1, -0.05) is 6.08 Å². The van der Waals surface area contributed by atoms with Crippen LogP contribution in [0.25, 0.3) is 0 Å². The maximum Gasteiger partial charge on any atom is 0.117 e. The van der Waals surface area contributed by atoms with Crippen molar-refractivity contribution in [3.63, 3.8) is 0 Å². The average Bonchev–Trinajstić information content (AvgIpc) is 2.90. The number of hydrogen-bond donors (Lipinski definition) is 0. The molecule has 1 aromatic rings. The molecule has 0 aromatic carbocycles. The van der Waals surface area contributed by atoms with Gasteiger partial charge in [0.2, 0.25) is 0 Å². The highest BCUT2D eigenvalue weighted by molar-refractivity contribution is 5.00. The second-order valence-electron chi connectivity index (χ2n) is 5.90. The molecule has 0 N–H and O–H groups in total. The Balaban J connectivity index is 1.66. The molecule has 2 aliphatic heterocycles. The molecule has 1 aromatic heterocycles. The van der Waals surface area contributed by atoms with Gasteiger partial charge in [0.25, 0.3) is 0 Å². The zero-order valence-electron chi connectivity index (χ0n) is 12.5. The quantitative estimate of drug-likeness (QED) is 0.784. The summed E-state index contributed by atoms with van der Waals surface area (Å²) in [6.07, 6.45) is 3.68. The Labute approximate surface area is 126 Å². The van der Waals surface area contributed by atoms with Crippen LogP contribution >= 0.6 is 0 Å². The van der Waals surface area contributed by atoms with E-state index in [2.05, 4.69) is 16.4 Å². The second kappa shape index (κ2) is 6.75. The number of morpholine rings is 1. The van der Waals surface area contributed by atoms with Gasteiger partial charge in [-0.25, -0.2) is 0 Å². The van der Waals surface area contributed by atoms with E-state index in [9.17, 15) is 0 Å². The molecule has 2 saturated heterocycles. The van der Waals surface area contributed by atoms with Crippen molar-refractivity contribution in [3.05, 3.63) is 36.8 Å². The SMILES string of the molecule is C=CCN1CCOC[C@@]2(C1)CN(Cc1ccco1)CCO2. The maximum absolute atomic E-state index is 6.14. The largest absolute Gasteiger partial charge is 0.468 e. The lowest BCUT2D eigenvalue weighted by Gasteiger charge is -2.43. The molecule has 1 spiro atoms. The van der Waals surface area contributed by atoms with Crippen molar-refractivity contribution in [2.45, 2.75) is 12.1 Å². The van der Waals surface area contributed by atoms with Crippen LogP contribution in [0.5, 0.6) is 0 Å². The lowest BCUT2D eigenvalue weighted by atomic mass is 10.0. The van der Waals surface area contributed by atoms with Crippen LogP contribution in [-0.2, 0) is 16.0 Å². The van der Waals surface area contributed by atoms with Crippen LogP contribution in [0, 0.1) is 0 Å². The van der Waals surface area contributed by atoms with E-state index in [1.54, 1.807) is 6.26 Å².